The molecule has 0 aliphatic rings. The fourth-order valence-corrected chi connectivity index (χ4v) is 2.26. The number of anilines is 1. The van der Waals surface area contributed by atoms with Crippen molar-refractivity contribution in [2.45, 2.75) is 13.0 Å². The Morgan fingerprint density at radius 1 is 1.22 bits per heavy atom. The summed E-state index contributed by atoms with van der Waals surface area (Å²) < 4.78 is 5.42. The van der Waals surface area contributed by atoms with E-state index in [1.165, 1.54) is 31.2 Å². The first-order chi connectivity index (χ1) is 10.9. The monoisotopic (exact) mass is 354 g/mol. The van der Waals surface area contributed by atoms with Crippen LogP contribution in [0.1, 0.15) is 6.92 Å². The zero-order valence-corrected chi connectivity index (χ0v) is 13.5. The zero-order chi connectivity index (χ0) is 17.0. The molecule has 0 saturated carbocycles. The summed E-state index contributed by atoms with van der Waals surface area (Å²) >= 11 is 12.0. The van der Waals surface area contributed by atoms with Crippen LogP contribution in [-0.2, 0) is 4.79 Å². The topological polar surface area (TPSA) is 81.5 Å². The van der Waals surface area contributed by atoms with E-state index in [-0.39, 0.29) is 17.1 Å². The number of hydrogen-bond donors (Lipinski definition) is 1. The molecule has 1 amide bonds. The number of amides is 1. The fourth-order valence-electron chi connectivity index (χ4n) is 1.77. The van der Waals surface area contributed by atoms with E-state index < -0.39 is 16.9 Å². The molecule has 0 radical (unpaired) electrons. The van der Waals surface area contributed by atoms with Crippen LogP contribution in [0.15, 0.2) is 42.5 Å². The van der Waals surface area contributed by atoms with Crippen molar-refractivity contribution >= 4 is 40.5 Å². The molecule has 0 aromatic heterocycles. The average Bonchev–Trinajstić information content (AvgIpc) is 2.51. The first-order valence-electron chi connectivity index (χ1n) is 6.54. The van der Waals surface area contributed by atoms with Crippen molar-refractivity contribution < 1.29 is 14.5 Å². The van der Waals surface area contributed by atoms with E-state index in [2.05, 4.69) is 5.32 Å². The summed E-state index contributed by atoms with van der Waals surface area (Å²) in [7, 11) is 0. The molecule has 0 unspecified atom stereocenters. The minimum atomic E-state index is -0.899. The van der Waals surface area contributed by atoms with Gasteiger partial charge >= 0.3 is 0 Å². The lowest BCUT2D eigenvalue weighted by Crippen LogP contribution is -2.30. The molecular weight excluding hydrogens is 343 g/mol. The Balaban J connectivity index is 2.08. The van der Waals surface area contributed by atoms with E-state index in [9.17, 15) is 14.9 Å². The summed E-state index contributed by atoms with van der Waals surface area (Å²) in [6.45, 7) is 1.51. The third-order valence-corrected chi connectivity index (χ3v) is 3.55. The van der Waals surface area contributed by atoms with Crippen LogP contribution in [0.4, 0.5) is 11.4 Å². The number of nitrogens with zero attached hydrogens (tertiary/aromatic N) is 1. The summed E-state index contributed by atoms with van der Waals surface area (Å²) in [5.41, 5.74) is 0.166. The van der Waals surface area contributed by atoms with E-state index >= 15 is 0 Å². The van der Waals surface area contributed by atoms with Crippen molar-refractivity contribution in [1.82, 2.24) is 0 Å². The third-order valence-electron chi connectivity index (χ3n) is 2.92. The minimum absolute atomic E-state index is 0.121. The minimum Gasteiger partial charge on any atom is -0.481 e. The third kappa shape index (κ3) is 4.34. The summed E-state index contributed by atoms with van der Waals surface area (Å²) in [5, 5.41) is 13.9. The Hall–Kier alpha value is -2.31. The van der Waals surface area contributed by atoms with Crippen LogP contribution in [0.2, 0.25) is 10.0 Å². The number of carbonyl (C=O) groups is 1. The van der Waals surface area contributed by atoms with E-state index in [1.807, 2.05) is 0 Å². The number of nitrogens with one attached hydrogen (secondary N) is 1. The molecule has 0 heterocycles. The molecule has 23 heavy (non-hydrogen) atoms. The Bertz CT molecular complexity index is 732. The standard InChI is InChI=1S/C15H12Cl2N2O4/c1-9(23-11-5-2-4-10(8-11)19(21)22)15(20)18-14-12(16)6-3-7-13(14)17/h2-9H,1H3,(H,18,20)/t9-/m0/s1. The summed E-state index contributed by atoms with van der Waals surface area (Å²) in [6.07, 6.45) is -0.899. The number of non-ortho nitro benzene ring substituents is 1. The van der Waals surface area contributed by atoms with E-state index in [4.69, 9.17) is 27.9 Å². The number of para-hydroxylation sites is 1. The lowest BCUT2D eigenvalue weighted by Gasteiger charge is -2.16. The summed E-state index contributed by atoms with van der Waals surface area (Å²) in [4.78, 5) is 22.3. The van der Waals surface area contributed by atoms with Gasteiger partial charge in [-0.3, -0.25) is 14.9 Å². The molecule has 0 spiro atoms. The Morgan fingerprint density at radius 2 is 1.83 bits per heavy atom. The van der Waals surface area contributed by atoms with Gasteiger partial charge in [-0.05, 0) is 25.1 Å². The highest BCUT2D eigenvalue weighted by Crippen LogP contribution is 2.30. The molecule has 1 atom stereocenters. The second kappa shape index (κ2) is 7.30. The van der Waals surface area contributed by atoms with Gasteiger partial charge in [0.05, 0.1) is 26.7 Å². The van der Waals surface area contributed by atoms with Crippen LogP contribution < -0.4 is 10.1 Å². The van der Waals surface area contributed by atoms with Crippen LogP contribution in [-0.4, -0.2) is 16.9 Å². The molecule has 1 N–H and O–H groups in total. The quantitative estimate of drug-likeness (QED) is 0.640. The lowest BCUT2D eigenvalue weighted by atomic mass is 10.2. The average molecular weight is 355 g/mol. The zero-order valence-electron chi connectivity index (χ0n) is 12.0. The summed E-state index contributed by atoms with van der Waals surface area (Å²) in [5.74, 6) is -0.265. The summed E-state index contributed by atoms with van der Waals surface area (Å²) in [6, 6.07) is 10.4. The Kier molecular flexibility index (Phi) is 5.41. The molecule has 8 heteroatoms. The molecule has 0 saturated heterocycles. The molecule has 2 aromatic carbocycles. The van der Waals surface area contributed by atoms with Gasteiger partial charge in [0.1, 0.15) is 5.75 Å². The van der Waals surface area contributed by atoms with E-state index in [0.29, 0.717) is 10.0 Å². The van der Waals surface area contributed by atoms with Gasteiger partial charge < -0.3 is 10.1 Å². The predicted molar refractivity (Wildman–Crippen MR) is 88.3 cm³/mol. The fraction of sp³-hybridized carbons (Fsp3) is 0.133. The second-order valence-corrected chi connectivity index (χ2v) is 5.41. The van der Waals surface area contributed by atoms with Gasteiger partial charge in [-0.2, -0.15) is 0 Å². The van der Waals surface area contributed by atoms with Gasteiger partial charge in [-0.15, -0.1) is 0 Å². The maximum atomic E-state index is 12.2. The van der Waals surface area contributed by atoms with Crippen LogP contribution in [0.3, 0.4) is 0 Å². The number of ether oxygens (including phenoxy) is 1. The van der Waals surface area contributed by atoms with E-state index in [1.54, 1.807) is 18.2 Å². The van der Waals surface area contributed by atoms with Gasteiger partial charge in [-0.1, -0.05) is 35.3 Å². The highest BCUT2D eigenvalue weighted by atomic mass is 35.5. The number of nitro groups is 1. The van der Waals surface area contributed by atoms with Crippen molar-refractivity contribution in [2.75, 3.05) is 5.32 Å². The molecular formula is C15H12Cl2N2O4. The van der Waals surface area contributed by atoms with Gasteiger partial charge in [0.25, 0.3) is 11.6 Å². The molecule has 2 rings (SSSR count). The van der Waals surface area contributed by atoms with Crippen LogP contribution in [0, 0.1) is 10.1 Å². The molecule has 0 aliphatic heterocycles. The highest BCUT2D eigenvalue weighted by molar-refractivity contribution is 6.39. The second-order valence-electron chi connectivity index (χ2n) is 4.60. The maximum Gasteiger partial charge on any atom is 0.273 e. The number of hydrogen-bond acceptors (Lipinski definition) is 4. The number of halogens is 2. The highest BCUT2D eigenvalue weighted by Gasteiger charge is 2.18. The van der Waals surface area contributed by atoms with Crippen molar-refractivity contribution in [3.8, 4) is 5.75 Å². The number of nitro benzene ring substituents is 1. The molecule has 0 bridgehead atoms. The molecule has 120 valence electrons. The van der Waals surface area contributed by atoms with Crippen LogP contribution in [0.25, 0.3) is 0 Å². The van der Waals surface area contributed by atoms with Crippen molar-refractivity contribution in [3.63, 3.8) is 0 Å². The van der Waals surface area contributed by atoms with Gasteiger partial charge in [-0.25, -0.2) is 0 Å². The number of carbonyl (C=O) groups excluding carboxylic acids is 1. The Labute approximate surface area is 142 Å². The van der Waals surface area contributed by atoms with Crippen LogP contribution >= 0.6 is 23.2 Å². The van der Waals surface area contributed by atoms with Crippen LogP contribution in [0.5, 0.6) is 5.75 Å². The number of benzene rings is 2. The van der Waals surface area contributed by atoms with Crippen molar-refractivity contribution in [3.05, 3.63) is 62.6 Å². The molecule has 0 aliphatic carbocycles. The van der Waals surface area contributed by atoms with Crippen molar-refractivity contribution in [2.24, 2.45) is 0 Å². The predicted octanol–water partition coefficient (Wildman–Crippen LogP) is 4.31. The maximum absolute atomic E-state index is 12.2. The molecule has 2 aromatic rings. The lowest BCUT2D eigenvalue weighted by molar-refractivity contribution is -0.384. The molecule has 6 nitrogen and oxygen atoms in total. The van der Waals surface area contributed by atoms with Gasteiger partial charge in [0.15, 0.2) is 6.10 Å². The molecule has 0 fully saturated rings. The van der Waals surface area contributed by atoms with Gasteiger partial charge in [0, 0.05) is 6.07 Å². The SMILES string of the molecule is C[C@H](Oc1cccc([N+](=O)[O-])c1)C(=O)Nc1c(Cl)cccc1Cl. The first kappa shape index (κ1) is 17.1. The number of rotatable bonds is 5. The largest absolute Gasteiger partial charge is 0.481 e. The Morgan fingerprint density at radius 3 is 2.43 bits per heavy atom. The normalized spacial score (nSPS) is 11.6. The first-order valence-corrected chi connectivity index (χ1v) is 7.30. The van der Waals surface area contributed by atoms with Crippen molar-refractivity contribution in [1.29, 1.82) is 0 Å². The van der Waals surface area contributed by atoms with E-state index in [0.717, 1.165) is 0 Å². The smallest absolute Gasteiger partial charge is 0.273 e. The van der Waals surface area contributed by atoms with Gasteiger partial charge in [0.2, 0.25) is 0 Å².